The van der Waals surface area contributed by atoms with E-state index in [1.165, 1.54) is 103 Å². The maximum absolute atomic E-state index is 15.3. The van der Waals surface area contributed by atoms with Gasteiger partial charge in [0.25, 0.3) is 12.7 Å². The number of quaternary nitrogens is 2. The molecule has 0 bridgehead atoms. The zero-order chi connectivity index (χ0) is 93.6. The van der Waals surface area contributed by atoms with Gasteiger partial charge >= 0.3 is 36.5 Å². The first kappa shape index (κ1) is 102. The van der Waals surface area contributed by atoms with Crippen molar-refractivity contribution in [1.82, 2.24) is 39.5 Å². The average Bonchev–Trinajstić information content (AvgIpc) is 1.62. The molecule has 0 aliphatic carbocycles. The van der Waals surface area contributed by atoms with Crippen molar-refractivity contribution < 1.29 is 168 Å². The molecule has 0 saturated carbocycles. The Morgan fingerprint density at radius 3 is 1.22 bits per heavy atom. The molecule has 10 rings (SSSR count). The number of hydrogen-bond donors (Lipinski definition) is 4. The van der Waals surface area contributed by atoms with Crippen molar-refractivity contribution >= 4 is 93.1 Å². The highest BCUT2D eigenvalue weighted by Crippen LogP contribution is 2.44. The van der Waals surface area contributed by atoms with E-state index in [1.807, 2.05) is 0 Å². The van der Waals surface area contributed by atoms with Gasteiger partial charge in [0.05, 0.1) is 58.8 Å². The fourth-order valence-electron chi connectivity index (χ4n) is 10.6. The van der Waals surface area contributed by atoms with E-state index in [-0.39, 0.29) is 62.2 Å². The van der Waals surface area contributed by atoms with Gasteiger partial charge < -0.3 is 68.7 Å². The van der Waals surface area contributed by atoms with E-state index in [0.29, 0.717) is 43.7 Å². The van der Waals surface area contributed by atoms with E-state index in [2.05, 4.69) is 51.0 Å². The lowest BCUT2D eigenvalue weighted by Gasteiger charge is -2.32. The van der Waals surface area contributed by atoms with Crippen molar-refractivity contribution in [2.75, 3.05) is 51.1 Å². The highest BCUT2D eigenvalue weighted by Gasteiger charge is 2.46. The molecule has 4 unspecified atom stereocenters. The van der Waals surface area contributed by atoms with Crippen molar-refractivity contribution in [3.05, 3.63) is 224 Å². The van der Waals surface area contributed by atoms with Crippen LogP contribution in [-0.2, 0) is 117 Å². The molecule has 0 spiro atoms. The van der Waals surface area contributed by atoms with Gasteiger partial charge in [0.2, 0.25) is 25.1 Å². The van der Waals surface area contributed by atoms with Crippen LogP contribution in [-0.4, -0.2) is 157 Å². The summed E-state index contributed by atoms with van der Waals surface area (Å²) in [5, 5.41) is 83.2. The highest BCUT2D eigenvalue weighted by molar-refractivity contribution is 7.74. The van der Waals surface area contributed by atoms with Gasteiger partial charge in [0.1, 0.15) is 107 Å². The lowest BCUT2D eigenvalue weighted by atomic mass is 9.82. The molecule has 38 nitrogen and oxygen atoms in total. The second-order valence-corrected chi connectivity index (χ2v) is 28.6. The molecule has 10 aromatic rings. The Morgan fingerprint density at radius 1 is 0.571 bits per heavy atom. The summed E-state index contributed by atoms with van der Waals surface area (Å²) in [4.78, 5) is 87.9. The van der Waals surface area contributed by atoms with E-state index >= 15 is 8.78 Å². The van der Waals surface area contributed by atoms with Crippen LogP contribution in [0.4, 0.5) is 65.1 Å². The van der Waals surface area contributed by atoms with Crippen molar-refractivity contribution in [2.45, 2.75) is 102 Å². The minimum Gasteiger partial charge on any atom is -0.747 e. The average molecular weight is 1860 g/mol. The molecule has 0 fully saturated rings. The summed E-state index contributed by atoms with van der Waals surface area (Å²) in [5.41, 5.74) is 0.0431. The lowest BCUT2D eigenvalue weighted by molar-refractivity contribution is -0.753. The molecular formula is C74H72F10N16O22S4. The number of carbonyl (C=O) groups is 6. The molecule has 0 aliphatic heterocycles. The Morgan fingerprint density at radius 2 is 0.913 bits per heavy atom. The van der Waals surface area contributed by atoms with Crippen molar-refractivity contribution in [2.24, 2.45) is 0 Å². The topological polar surface area (TPSA) is 525 Å². The standard InChI is InChI=1S/2C35H35F2N8O5S.2C2HF3O2.H2O8S2/c2*1-22(33-42-30(18-51-33)25-9-7-24(15-38)8-10-25)35(48,28-14-27(36)11-12-29(28)37)19-45-21-44(20-41-45)23(2)50-34(47)43(4)32-26(6-5-13-40-32)17-49-31(46)16-39-3;2*3-2(4,5)1(6)7;1-9(2)7-5-6-8-10(3)4/h2*5-14,18,20-23,39,48H,16-17,19H2,1-4H3;2*(H,6,7);(H,1,2)(H,3,4)/q2*+1;;;/p-2/t2*22-,23?,35+;;;/m00.../s1. The van der Waals surface area contributed by atoms with E-state index in [4.69, 9.17) is 59.2 Å². The number of aliphatic hydroxyl groups is 2. The first-order chi connectivity index (χ1) is 59.4. The normalized spacial score (nSPS) is 13.5. The number of amides is 2. The van der Waals surface area contributed by atoms with Crippen molar-refractivity contribution in [3.8, 4) is 34.7 Å². The van der Waals surface area contributed by atoms with Gasteiger partial charge in [-0.05, 0) is 82.9 Å². The highest BCUT2D eigenvalue weighted by atomic mass is 32.2. The fourth-order valence-corrected chi connectivity index (χ4v) is 12.7. The third-order valence-corrected chi connectivity index (χ3v) is 19.5. The van der Waals surface area contributed by atoms with Crippen LogP contribution in [0.2, 0.25) is 0 Å². The molecule has 0 saturated heterocycles. The quantitative estimate of drug-likeness (QED) is 0.00694. The lowest BCUT2D eigenvalue weighted by Crippen LogP contribution is -2.81. The number of nitriles is 2. The van der Waals surface area contributed by atoms with Gasteiger partial charge in [-0.1, -0.05) is 50.2 Å². The molecular weight excluding hydrogens is 1780 g/mol. The summed E-state index contributed by atoms with van der Waals surface area (Å²) in [7, 11) is 6.42. The zero-order valence-corrected chi connectivity index (χ0v) is 69.7. The summed E-state index contributed by atoms with van der Waals surface area (Å²) in [6.07, 6.45) is -5.05. The van der Waals surface area contributed by atoms with Gasteiger partial charge in [0, 0.05) is 107 Å². The maximum Gasteiger partial charge on any atom is 0.430 e. The number of aliphatic carboxylic acids is 2. The summed E-state index contributed by atoms with van der Waals surface area (Å²) in [5.74, 6) is -11.2. The molecule has 52 heteroatoms. The second kappa shape index (κ2) is 47.4. The molecule has 4 aromatic carbocycles. The van der Waals surface area contributed by atoms with Crippen molar-refractivity contribution in [3.63, 3.8) is 0 Å². The Kier molecular flexibility index (Phi) is 38.4. The number of pyridine rings is 2. The van der Waals surface area contributed by atoms with Gasteiger partial charge in [-0.3, -0.25) is 9.80 Å². The van der Waals surface area contributed by atoms with Crippen LogP contribution >= 0.6 is 22.7 Å². The molecule has 6 heterocycles. The number of rotatable bonds is 31. The molecule has 0 radical (unpaired) electrons. The number of likely N-dealkylation sites (N-methyl/N-ethyl adjacent to an activating group) is 2. The number of benzene rings is 4. The number of esters is 2. The summed E-state index contributed by atoms with van der Waals surface area (Å²) >= 11 is -3.42. The van der Waals surface area contributed by atoms with Crippen LogP contribution < -0.4 is 39.8 Å². The van der Waals surface area contributed by atoms with Crippen molar-refractivity contribution in [1.29, 1.82) is 10.5 Å². The number of carboxylic acids is 2. The van der Waals surface area contributed by atoms with E-state index in [9.17, 15) is 82.0 Å². The zero-order valence-electron chi connectivity index (χ0n) is 66.5. The van der Waals surface area contributed by atoms with Gasteiger partial charge in [0.15, 0.2) is 13.1 Å². The molecule has 126 heavy (non-hydrogen) atoms. The largest absolute Gasteiger partial charge is 0.747 e. The number of alkyl halides is 6. The molecule has 2 amide bonds. The number of ether oxygens (including phenoxy) is 4. The number of thiazole rings is 2. The smallest absolute Gasteiger partial charge is 0.430 e. The van der Waals surface area contributed by atoms with E-state index in [1.54, 1.807) is 136 Å². The minimum absolute atomic E-state index is 0.0878. The molecule has 6 aromatic heterocycles. The Hall–Kier alpha value is -12.7. The predicted octanol–water partition coefficient (Wildman–Crippen LogP) is 4.10. The molecule has 6 N–H and O–H groups in total. The maximum atomic E-state index is 15.3. The Balaban J connectivity index is 0.000000308. The van der Waals surface area contributed by atoms with E-state index < -0.39 is 130 Å². The van der Waals surface area contributed by atoms with Crippen LogP contribution in [0.3, 0.4) is 0 Å². The molecule has 674 valence electrons. The van der Waals surface area contributed by atoms with Crippen LogP contribution in [0.15, 0.2) is 158 Å². The predicted molar refractivity (Wildman–Crippen MR) is 404 cm³/mol. The number of halogens is 10. The van der Waals surface area contributed by atoms with Crippen LogP contribution in [0.5, 0.6) is 0 Å². The SMILES string of the molecule is C[NH2+]CC(=O)OCc1cccnc1N(C)C(=O)OC(C)[n+]1cnn(C[C@](O)(c2cc(F)ccc2F)[C@@H](C)c2nc(-c3ccc(C#N)cc3)cs2)c1.C[NH2+]CC(=O)OCc1cccnc1N(C)C(=O)OC(C)[n+]1cnn(C[C@](O)(c2cc(F)ccc2F)[C@@H](C)c2nc(-c3ccc(C#N)cc3)cs2)c1.O=C([O-])C(F)(F)F.O=C([O-])C(F)(F)F.O=S([O-])OOOOS(=O)[O-]. The van der Waals surface area contributed by atoms with Crippen LogP contribution in [0.25, 0.3) is 22.5 Å². The molecule has 0 aliphatic rings. The monoisotopic (exact) mass is 1850 g/mol. The van der Waals surface area contributed by atoms with Gasteiger partial charge in [-0.25, -0.2) is 65.1 Å². The number of carbonyl (C=O) groups excluding carboxylic acids is 6. The number of carboxylic acid groups (broad SMARTS) is 2. The fraction of sp³-hybridized carbons (Fsp3) is 0.297. The third kappa shape index (κ3) is 30.1. The van der Waals surface area contributed by atoms with E-state index in [0.717, 1.165) is 47.5 Å². The number of nitrogens with zero attached hydrogens (tertiary/aromatic N) is 14. The van der Waals surface area contributed by atoms with Crippen LogP contribution in [0, 0.1) is 45.9 Å². The third-order valence-electron chi connectivity index (χ3n) is 17.1. The summed E-state index contributed by atoms with van der Waals surface area (Å²) in [6.45, 7) is 6.01. The Bertz CT molecular complexity index is 5170. The first-order valence-electron chi connectivity index (χ1n) is 35.6. The number of anilines is 2. The Labute approximate surface area is 719 Å². The number of hydrogen-bond acceptors (Lipinski definition) is 32. The molecule has 8 atom stereocenters. The number of aromatic nitrogens is 10. The second-order valence-electron chi connectivity index (χ2n) is 25.7. The summed E-state index contributed by atoms with van der Waals surface area (Å²) in [6, 6.07) is 30.3. The van der Waals surface area contributed by atoms with Crippen LogP contribution in [0.1, 0.15) is 95.4 Å². The van der Waals surface area contributed by atoms with Gasteiger partial charge in [-0.15, -0.1) is 40.7 Å². The van der Waals surface area contributed by atoms with Gasteiger partial charge in [-0.2, -0.15) is 46.0 Å². The summed E-state index contributed by atoms with van der Waals surface area (Å²) < 4.78 is 194. The minimum atomic E-state index is -5.19. The number of nitrogens with two attached hydrogens (primary N) is 2. The first-order valence-corrected chi connectivity index (χ1v) is 39.3.